The van der Waals surface area contributed by atoms with Gasteiger partial charge in [0.25, 0.3) is 0 Å². The van der Waals surface area contributed by atoms with Crippen molar-refractivity contribution in [3.63, 3.8) is 0 Å². The van der Waals surface area contributed by atoms with Gasteiger partial charge in [-0.1, -0.05) is 17.7 Å². The predicted octanol–water partition coefficient (Wildman–Crippen LogP) is 3.87. The number of likely N-dealkylation sites (tertiary alicyclic amines) is 1. The summed E-state index contributed by atoms with van der Waals surface area (Å²) in [6.07, 6.45) is 9.53. The van der Waals surface area contributed by atoms with Crippen molar-refractivity contribution < 1.29 is 0 Å². The highest BCUT2D eigenvalue weighted by Crippen LogP contribution is 2.35. The third-order valence-electron chi connectivity index (χ3n) is 5.69. The molecule has 0 bridgehead atoms. The zero-order valence-corrected chi connectivity index (χ0v) is 15.3. The highest BCUT2D eigenvalue weighted by Gasteiger charge is 2.32. The highest BCUT2D eigenvalue weighted by atomic mass is 35.5. The molecule has 0 saturated carbocycles. The maximum atomic E-state index is 6.32. The fourth-order valence-electron chi connectivity index (χ4n) is 4.31. The van der Waals surface area contributed by atoms with Crippen molar-refractivity contribution in [1.82, 2.24) is 14.9 Å². The van der Waals surface area contributed by atoms with Gasteiger partial charge in [-0.15, -0.1) is 0 Å². The van der Waals surface area contributed by atoms with Crippen LogP contribution in [-0.2, 0) is 6.54 Å². The molecule has 4 rings (SSSR count). The number of hydrogen-bond donors (Lipinski definition) is 0. The van der Waals surface area contributed by atoms with Gasteiger partial charge in [-0.25, -0.2) is 4.98 Å². The Bertz CT molecular complexity index is 685. The molecular weight excluding hydrogens is 332 g/mol. The van der Waals surface area contributed by atoms with E-state index in [1.807, 2.05) is 36.8 Å². The minimum Gasteiger partial charge on any atom is -0.355 e. The van der Waals surface area contributed by atoms with E-state index in [9.17, 15) is 0 Å². The van der Waals surface area contributed by atoms with Crippen molar-refractivity contribution in [3.8, 4) is 0 Å². The van der Waals surface area contributed by atoms with Crippen molar-refractivity contribution in [1.29, 1.82) is 0 Å². The lowest BCUT2D eigenvalue weighted by Crippen LogP contribution is -2.36. The minimum atomic E-state index is 0.773. The molecule has 0 amide bonds. The van der Waals surface area contributed by atoms with Gasteiger partial charge in [-0.05, 0) is 68.0 Å². The molecule has 2 aliphatic heterocycles. The quantitative estimate of drug-likeness (QED) is 0.832. The van der Waals surface area contributed by atoms with E-state index in [0.717, 1.165) is 42.3 Å². The first kappa shape index (κ1) is 16.8. The van der Waals surface area contributed by atoms with Gasteiger partial charge >= 0.3 is 0 Å². The van der Waals surface area contributed by atoms with Crippen LogP contribution in [0.4, 0.5) is 5.82 Å². The summed E-state index contributed by atoms with van der Waals surface area (Å²) in [5.74, 6) is 2.57. The fourth-order valence-corrected chi connectivity index (χ4v) is 4.55. The van der Waals surface area contributed by atoms with Gasteiger partial charge in [-0.2, -0.15) is 0 Å². The molecule has 0 aromatic carbocycles. The van der Waals surface area contributed by atoms with E-state index in [1.165, 1.54) is 37.9 Å². The first-order valence-electron chi connectivity index (χ1n) is 9.26. The zero-order valence-electron chi connectivity index (χ0n) is 14.5. The van der Waals surface area contributed by atoms with Crippen molar-refractivity contribution in [3.05, 3.63) is 53.4 Å². The second kappa shape index (κ2) is 7.71. The summed E-state index contributed by atoms with van der Waals surface area (Å²) < 4.78 is 0. The van der Waals surface area contributed by atoms with Crippen molar-refractivity contribution in [2.45, 2.75) is 25.8 Å². The number of aromatic nitrogens is 2. The van der Waals surface area contributed by atoms with Crippen LogP contribution < -0.4 is 4.90 Å². The first-order chi connectivity index (χ1) is 12.3. The summed E-state index contributed by atoms with van der Waals surface area (Å²) in [4.78, 5) is 13.6. The van der Waals surface area contributed by atoms with Crippen LogP contribution in [0, 0.1) is 11.8 Å². The Morgan fingerprint density at radius 3 is 2.56 bits per heavy atom. The molecule has 4 heterocycles. The van der Waals surface area contributed by atoms with Gasteiger partial charge in [0.2, 0.25) is 0 Å². The molecule has 5 heteroatoms. The van der Waals surface area contributed by atoms with Crippen LogP contribution in [0.3, 0.4) is 0 Å². The minimum absolute atomic E-state index is 0.773. The van der Waals surface area contributed by atoms with Crippen molar-refractivity contribution in [2.75, 3.05) is 31.1 Å². The first-order valence-corrected chi connectivity index (χ1v) is 9.64. The molecule has 0 N–H and O–H groups in total. The van der Waals surface area contributed by atoms with Crippen LogP contribution in [0.2, 0.25) is 5.02 Å². The Labute approximate surface area is 154 Å². The van der Waals surface area contributed by atoms with Gasteiger partial charge in [0, 0.05) is 38.2 Å². The molecule has 2 aromatic heterocycles. The lowest BCUT2D eigenvalue weighted by molar-refractivity contribution is 0.147. The molecule has 2 saturated heterocycles. The molecule has 132 valence electrons. The average molecular weight is 357 g/mol. The van der Waals surface area contributed by atoms with Crippen LogP contribution in [0.5, 0.6) is 0 Å². The summed E-state index contributed by atoms with van der Waals surface area (Å²) >= 11 is 6.32. The normalized spacial score (nSPS) is 22.4. The van der Waals surface area contributed by atoms with Crippen LogP contribution >= 0.6 is 11.6 Å². The second-order valence-electron chi connectivity index (χ2n) is 7.28. The van der Waals surface area contributed by atoms with Gasteiger partial charge in [-0.3, -0.25) is 9.88 Å². The number of nitrogens with zero attached hydrogens (tertiary/aromatic N) is 4. The largest absolute Gasteiger partial charge is 0.355 e. The van der Waals surface area contributed by atoms with E-state index in [-0.39, 0.29) is 0 Å². The van der Waals surface area contributed by atoms with E-state index >= 15 is 0 Å². The maximum Gasteiger partial charge on any atom is 0.147 e. The van der Waals surface area contributed by atoms with Gasteiger partial charge in [0.05, 0.1) is 5.02 Å². The molecule has 0 radical (unpaired) electrons. The lowest BCUT2D eigenvalue weighted by atomic mass is 9.83. The van der Waals surface area contributed by atoms with Gasteiger partial charge < -0.3 is 4.90 Å². The molecule has 0 spiro atoms. The third-order valence-corrected chi connectivity index (χ3v) is 5.99. The van der Waals surface area contributed by atoms with Crippen LogP contribution in [0.1, 0.15) is 24.8 Å². The van der Waals surface area contributed by atoms with E-state index in [4.69, 9.17) is 11.6 Å². The molecular formula is C20H25ClN4. The zero-order chi connectivity index (χ0) is 17.1. The van der Waals surface area contributed by atoms with E-state index in [1.54, 1.807) is 0 Å². The predicted molar refractivity (Wildman–Crippen MR) is 102 cm³/mol. The summed E-state index contributed by atoms with van der Waals surface area (Å²) in [5.41, 5.74) is 1.32. The molecule has 1 atom stereocenters. The van der Waals surface area contributed by atoms with Crippen molar-refractivity contribution in [2.24, 2.45) is 11.8 Å². The number of anilines is 1. The standard InChI is InChI=1S/C20H25ClN4/c21-19-4-2-9-23-20(19)25-12-7-18(15-25)17-5-10-24(11-6-17)14-16-3-1-8-22-13-16/h1-4,8-9,13,17-18H,5-7,10-12,14-15H2. The topological polar surface area (TPSA) is 32.3 Å². The molecule has 2 aliphatic rings. The Hall–Kier alpha value is -1.65. The summed E-state index contributed by atoms with van der Waals surface area (Å²) in [6, 6.07) is 8.04. The SMILES string of the molecule is Clc1cccnc1N1CCC(C2CCN(Cc3cccnc3)CC2)C1. The Morgan fingerprint density at radius 1 is 1.00 bits per heavy atom. The Balaban J connectivity index is 1.29. The van der Waals surface area contributed by atoms with Crippen molar-refractivity contribution >= 4 is 17.4 Å². The Kier molecular flexibility index (Phi) is 5.18. The van der Waals surface area contributed by atoms with Crippen LogP contribution in [0.25, 0.3) is 0 Å². The molecule has 2 fully saturated rings. The van der Waals surface area contributed by atoms with Crippen LogP contribution in [0.15, 0.2) is 42.9 Å². The summed E-state index contributed by atoms with van der Waals surface area (Å²) in [5, 5.41) is 0.773. The van der Waals surface area contributed by atoms with Gasteiger partial charge in [0.1, 0.15) is 5.82 Å². The van der Waals surface area contributed by atoms with E-state index in [2.05, 4.69) is 25.8 Å². The van der Waals surface area contributed by atoms with Gasteiger partial charge in [0.15, 0.2) is 0 Å². The van der Waals surface area contributed by atoms with E-state index < -0.39 is 0 Å². The van der Waals surface area contributed by atoms with Crippen LogP contribution in [-0.4, -0.2) is 41.0 Å². The molecule has 25 heavy (non-hydrogen) atoms. The maximum absolute atomic E-state index is 6.32. The number of rotatable bonds is 4. The average Bonchev–Trinajstić information content (AvgIpc) is 3.13. The Morgan fingerprint density at radius 2 is 1.80 bits per heavy atom. The smallest absolute Gasteiger partial charge is 0.147 e. The monoisotopic (exact) mass is 356 g/mol. The van der Waals surface area contributed by atoms with E-state index in [0.29, 0.717) is 0 Å². The number of piperidine rings is 1. The number of pyridine rings is 2. The summed E-state index contributed by atoms with van der Waals surface area (Å²) in [7, 11) is 0. The second-order valence-corrected chi connectivity index (χ2v) is 7.69. The molecule has 4 nitrogen and oxygen atoms in total. The molecule has 0 aliphatic carbocycles. The number of hydrogen-bond acceptors (Lipinski definition) is 4. The number of halogens is 1. The highest BCUT2D eigenvalue weighted by molar-refractivity contribution is 6.32. The lowest BCUT2D eigenvalue weighted by Gasteiger charge is -2.34. The summed E-state index contributed by atoms with van der Waals surface area (Å²) in [6.45, 7) is 5.60. The fraction of sp³-hybridized carbons (Fsp3) is 0.500. The molecule has 1 unspecified atom stereocenters. The third kappa shape index (κ3) is 3.96. The molecule has 2 aromatic rings.